The molecule has 0 spiro atoms. The topological polar surface area (TPSA) is 37.9 Å². The number of hydrogen-bond donors (Lipinski definition) is 1. The van der Waals surface area contributed by atoms with Crippen LogP contribution in [0, 0.1) is 13.8 Å². The fraction of sp³-hybridized carbons (Fsp3) is 0.235. The lowest BCUT2D eigenvalue weighted by Gasteiger charge is -2.04. The van der Waals surface area contributed by atoms with E-state index in [1.807, 2.05) is 18.2 Å². The van der Waals surface area contributed by atoms with Gasteiger partial charge in [0, 0.05) is 12.5 Å². The largest absolute Gasteiger partial charge is 0.497 e. The Hall–Kier alpha value is -2.29. The summed E-state index contributed by atoms with van der Waals surface area (Å²) >= 11 is 0. The molecule has 0 aliphatic heterocycles. The van der Waals surface area contributed by atoms with Crippen LogP contribution >= 0.6 is 0 Å². The summed E-state index contributed by atoms with van der Waals surface area (Å²) < 4.78 is 5.24. The SMILES string of the molecule is COc1ccc2nc(Cc3cc(C)ccc3C)[nH]c2c1. The van der Waals surface area contributed by atoms with Crippen LogP contribution in [0.1, 0.15) is 22.5 Å². The van der Waals surface area contributed by atoms with Gasteiger partial charge in [-0.3, -0.25) is 0 Å². The maximum atomic E-state index is 5.24. The highest BCUT2D eigenvalue weighted by Gasteiger charge is 2.07. The number of rotatable bonds is 3. The smallest absolute Gasteiger partial charge is 0.121 e. The summed E-state index contributed by atoms with van der Waals surface area (Å²) in [5, 5.41) is 0. The zero-order valence-corrected chi connectivity index (χ0v) is 12.0. The molecule has 3 nitrogen and oxygen atoms in total. The van der Waals surface area contributed by atoms with Crippen LogP contribution < -0.4 is 4.74 Å². The zero-order chi connectivity index (χ0) is 14.1. The maximum Gasteiger partial charge on any atom is 0.121 e. The van der Waals surface area contributed by atoms with E-state index in [-0.39, 0.29) is 0 Å². The lowest BCUT2D eigenvalue weighted by molar-refractivity contribution is 0.415. The van der Waals surface area contributed by atoms with Gasteiger partial charge in [-0.25, -0.2) is 4.98 Å². The molecule has 20 heavy (non-hydrogen) atoms. The van der Waals surface area contributed by atoms with E-state index >= 15 is 0 Å². The molecule has 3 aromatic rings. The van der Waals surface area contributed by atoms with Gasteiger partial charge in [0.1, 0.15) is 11.6 Å². The number of aromatic amines is 1. The molecule has 0 amide bonds. The number of benzene rings is 2. The van der Waals surface area contributed by atoms with E-state index < -0.39 is 0 Å². The number of imidazole rings is 1. The van der Waals surface area contributed by atoms with E-state index in [0.717, 1.165) is 29.0 Å². The van der Waals surface area contributed by atoms with Crippen molar-refractivity contribution >= 4 is 11.0 Å². The third-order valence-corrected chi connectivity index (χ3v) is 3.60. The monoisotopic (exact) mass is 266 g/mol. The fourth-order valence-electron chi connectivity index (χ4n) is 2.42. The first-order chi connectivity index (χ1) is 9.65. The molecule has 0 aliphatic carbocycles. The number of aromatic nitrogens is 2. The Morgan fingerprint density at radius 3 is 2.75 bits per heavy atom. The van der Waals surface area contributed by atoms with Gasteiger partial charge in [0.15, 0.2) is 0 Å². The average Bonchev–Trinajstić information content (AvgIpc) is 2.84. The number of ether oxygens (including phenoxy) is 1. The highest BCUT2D eigenvalue weighted by atomic mass is 16.5. The molecule has 0 atom stereocenters. The number of hydrogen-bond acceptors (Lipinski definition) is 2. The average molecular weight is 266 g/mol. The lowest BCUT2D eigenvalue weighted by atomic mass is 10.0. The van der Waals surface area contributed by atoms with Gasteiger partial charge < -0.3 is 9.72 Å². The number of fused-ring (bicyclic) bond motifs is 1. The third kappa shape index (κ3) is 2.39. The minimum absolute atomic E-state index is 0.824. The Bertz CT molecular complexity index is 759. The molecule has 0 aliphatic rings. The van der Waals surface area contributed by atoms with Gasteiger partial charge in [-0.15, -0.1) is 0 Å². The second-order valence-electron chi connectivity index (χ2n) is 5.17. The second-order valence-corrected chi connectivity index (χ2v) is 5.17. The molecule has 0 saturated carbocycles. The Kier molecular flexibility index (Phi) is 3.18. The summed E-state index contributed by atoms with van der Waals surface area (Å²) in [5.74, 6) is 1.83. The number of H-pyrrole nitrogens is 1. The summed E-state index contributed by atoms with van der Waals surface area (Å²) in [7, 11) is 1.68. The van der Waals surface area contributed by atoms with Gasteiger partial charge in [-0.05, 0) is 37.1 Å². The summed E-state index contributed by atoms with van der Waals surface area (Å²) in [6.45, 7) is 4.26. The maximum absolute atomic E-state index is 5.24. The van der Waals surface area contributed by atoms with Crippen molar-refractivity contribution in [1.82, 2.24) is 9.97 Å². The highest BCUT2D eigenvalue weighted by molar-refractivity contribution is 5.76. The molecule has 0 unspecified atom stereocenters. The molecular weight excluding hydrogens is 248 g/mol. The summed E-state index contributed by atoms with van der Waals surface area (Å²) in [6, 6.07) is 12.4. The van der Waals surface area contributed by atoms with E-state index in [9.17, 15) is 0 Å². The van der Waals surface area contributed by atoms with Gasteiger partial charge in [0.05, 0.1) is 18.1 Å². The zero-order valence-electron chi connectivity index (χ0n) is 12.0. The van der Waals surface area contributed by atoms with Crippen LogP contribution in [0.2, 0.25) is 0 Å². The minimum Gasteiger partial charge on any atom is -0.497 e. The van der Waals surface area contributed by atoms with Crippen molar-refractivity contribution in [3.05, 3.63) is 58.9 Å². The Morgan fingerprint density at radius 2 is 1.95 bits per heavy atom. The van der Waals surface area contributed by atoms with Gasteiger partial charge in [-0.1, -0.05) is 23.8 Å². The summed E-state index contributed by atoms with van der Waals surface area (Å²) in [4.78, 5) is 8.02. The van der Waals surface area contributed by atoms with Crippen LogP contribution in [0.25, 0.3) is 11.0 Å². The van der Waals surface area contributed by atoms with Crippen molar-refractivity contribution in [2.45, 2.75) is 20.3 Å². The second kappa shape index (κ2) is 5.00. The number of aryl methyl sites for hydroxylation is 2. The quantitative estimate of drug-likeness (QED) is 0.783. The van der Waals surface area contributed by atoms with Crippen molar-refractivity contribution in [3.8, 4) is 5.75 Å². The summed E-state index contributed by atoms with van der Waals surface area (Å²) in [5.41, 5.74) is 5.89. The van der Waals surface area contributed by atoms with Gasteiger partial charge in [0.2, 0.25) is 0 Å². The summed E-state index contributed by atoms with van der Waals surface area (Å²) in [6.07, 6.45) is 0.824. The van der Waals surface area contributed by atoms with Gasteiger partial charge in [-0.2, -0.15) is 0 Å². The highest BCUT2D eigenvalue weighted by Crippen LogP contribution is 2.21. The number of methoxy groups -OCH3 is 1. The molecule has 0 saturated heterocycles. The van der Waals surface area contributed by atoms with Crippen LogP contribution in [0.4, 0.5) is 0 Å². The molecule has 1 heterocycles. The van der Waals surface area contributed by atoms with Crippen molar-refractivity contribution in [2.24, 2.45) is 0 Å². The molecular formula is C17H18N2O. The van der Waals surface area contributed by atoms with Gasteiger partial charge in [0.25, 0.3) is 0 Å². The van der Waals surface area contributed by atoms with Crippen LogP contribution in [0.3, 0.4) is 0 Å². The standard InChI is InChI=1S/C17H18N2O/c1-11-4-5-12(2)13(8-11)9-17-18-15-7-6-14(20-3)10-16(15)19-17/h4-8,10H,9H2,1-3H3,(H,18,19). The molecule has 0 bridgehead atoms. The molecule has 0 fully saturated rings. The molecule has 2 aromatic carbocycles. The predicted octanol–water partition coefficient (Wildman–Crippen LogP) is 3.78. The molecule has 3 rings (SSSR count). The van der Waals surface area contributed by atoms with Crippen LogP contribution in [0.5, 0.6) is 5.75 Å². The van der Waals surface area contributed by atoms with Crippen molar-refractivity contribution in [1.29, 1.82) is 0 Å². The van der Waals surface area contributed by atoms with E-state index in [2.05, 4.69) is 42.0 Å². The fourth-order valence-corrected chi connectivity index (χ4v) is 2.42. The first kappa shape index (κ1) is 12.7. The van der Waals surface area contributed by atoms with Gasteiger partial charge >= 0.3 is 0 Å². The minimum atomic E-state index is 0.824. The Labute approximate surface area is 118 Å². The van der Waals surface area contributed by atoms with E-state index in [0.29, 0.717) is 0 Å². The lowest BCUT2D eigenvalue weighted by Crippen LogP contribution is -1.94. The first-order valence-electron chi connectivity index (χ1n) is 6.74. The van der Waals surface area contributed by atoms with E-state index in [1.165, 1.54) is 16.7 Å². The first-order valence-corrected chi connectivity index (χ1v) is 6.74. The van der Waals surface area contributed by atoms with E-state index in [4.69, 9.17) is 4.74 Å². The number of nitrogens with one attached hydrogen (secondary N) is 1. The third-order valence-electron chi connectivity index (χ3n) is 3.60. The molecule has 1 aromatic heterocycles. The normalized spacial score (nSPS) is 10.9. The van der Waals surface area contributed by atoms with Crippen LogP contribution in [-0.2, 0) is 6.42 Å². The van der Waals surface area contributed by atoms with Crippen LogP contribution in [-0.4, -0.2) is 17.1 Å². The van der Waals surface area contributed by atoms with Crippen molar-refractivity contribution in [3.63, 3.8) is 0 Å². The van der Waals surface area contributed by atoms with Crippen LogP contribution in [0.15, 0.2) is 36.4 Å². The van der Waals surface area contributed by atoms with Crippen molar-refractivity contribution < 1.29 is 4.74 Å². The Morgan fingerprint density at radius 1 is 1.10 bits per heavy atom. The van der Waals surface area contributed by atoms with E-state index in [1.54, 1.807) is 7.11 Å². The molecule has 1 N–H and O–H groups in total. The molecule has 102 valence electrons. The Balaban J connectivity index is 1.96. The van der Waals surface area contributed by atoms with Crippen molar-refractivity contribution in [2.75, 3.05) is 7.11 Å². The number of nitrogens with zero attached hydrogens (tertiary/aromatic N) is 1. The molecule has 0 radical (unpaired) electrons. The predicted molar refractivity (Wildman–Crippen MR) is 81.4 cm³/mol. The molecule has 3 heteroatoms.